The van der Waals surface area contributed by atoms with Gasteiger partial charge in [-0.05, 0) is 25.1 Å². The lowest BCUT2D eigenvalue weighted by Crippen LogP contribution is -2.41. The standard InChI is InChI=1S/C11H16F4N2O3S/c1-2-5-16-6-8-3-4-9(20-8)21(18,19)17-7-11(14,15)10(12)13/h3-4,10,16-17H,2,5-7H2,1H3. The van der Waals surface area contributed by atoms with Crippen molar-refractivity contribution in [3.05, 3.63) is 17.9 Å². The first kappa shape index (κ1) is 17.9. The molecule has 0 amide bonds. The van der Waals surface area contributed by atoms with Gasteiger partial charge in [-0.3, -0.25) is 0 Å². The number of rotatable bonds is 9. The van der Waals surface area contributed by atoms with E-state index in [4.69, 9.17) is 4.42 Å². The average Bonchev–Trinajstić information content (AvgIpc) is 2.86. The van der Waals surface area contributed by atoms with Crippen LogP contribution in [0.4, 0.5) is 17.6 Å². The molecule has 1 rings (SSSR count). The number of halogens is 4. The van der Waals surface area contributed by atoms with Crippen LogP contribution in [-0.2, 0) is 16.6 Å². The second-order valence-corrected chi connectivity index (χ2v) is 5.98. The van der Waals surface area contributed by atoms with Crippen molar-refractivity contribution >= 4 is 10.0 Å². The van der Waals surface area contributed by atoms with E-state index >= 15 is 0 Å². The van der Waals surface area contributed by atoms with E-state index in [1.165, 1.54) is 10.8 Å². The van der Waals surface area contributed by atoms with Crippen molar-refractivity contribution in [1.82, 2.24) is 10.0 Å². The van der Waals surface area contributed by atoms with Gasteiger partial charge in [0, 0.05) is 0 Å². The zero-order chi connectivity index (χ0) is 16.1. The summed E-state index contributed by atoms with van der Waals surface area (Å²) in [7, 11) is -4.39. The highest BCUT2D eigenvalue weighted by atomic mass is 32.2. The highest BCUT2D eigenvalue weighted by Crippen LogP contribution is 2.22. The summed E-state index contributed by atoms with van der Waals surface area (Å²) < 4.78 is 78.9. The molecule has 0 aliphatic rings. The number of furan rings is 1. The first-order chi connectivity index (χ1) is 9.69. The molecule has 0 fully saturated rings. The molecular weight excluding hydrogens is 316 g/mol. The highest BCUT2D eigenvalue weighted by Gasteiger charge is 2.41. The van der Waals surface area contributed by atoms with E-state index in [-0.39, 0.29) is 6.54 Å². The first-order valence-corrected chi connectivity index (χ1v) is 7.62. The van der Waals surface area contributed by atoms with Crippen LogP contribution in [-0.4, -0.2) is 33.9 Å². The predicted octanol–water partition coefficient (Wildman–Crippen LogP) is 1.96. The molecular formula is C11H16F4N2O3S. The molecule has 0 radical (unpaired) electrons. The minimum Gasteiger partial charge on any atom is -0.447 e. The normalized spacial score (nSPS) is 13.0. The van der Waals surface area contributed by atoms with Crippen molar-refractivity contribution in [2.45, 2.75) is 37.3 Å². The van der Waals surface area contributed by atoms with Gasteiger partial charge in [-0.2, -0.15) is 8.78 Å². The molecule has 0 aromatic carbocycles. The van der Waals surface area contributed by atoms with Gasteiger partial charge in [0.15, 0.2) is 0 Å². The van der Waals surface area contributed by atoms with Crippen LogP contribution in [0.25, 0.3) is 0 Å². The predicted molar refractivity (Wildman–Crippen MR) is 66.8 cm³/mol. The molecule has 10 heteroatoms. The van der Waals surface area contributed by atoms with Crippen LogP contribution in [0.5, 0.6) is 0 Å². The molecule has 0 spiro atoms. The fraction of sp³-hybridized carbons (Fsp3) is 0.636. The third-order valence-corrected chi connectivity index (χ3v) is 3.72. The minimum absolute atomic E-state index is 0.274. The molecule has 0 atom stereocenters. The number of sulfonamides is 1. The largest absolute Gasteiger partial charge is 0.447 e. The van der Waals surface area contributed by atoms with E-state index in [2.05, 4.69) is 5.32 Å². The Bertz CT molecular complexity index is 545. The number of hydrogen-bond acceptors (Lipinski definition) is 4. The van der Waals surface area contributed by atoms with E-state index in [1.54, 1.807) is 0 Å². The Balaban J connectivity index is 2.66. The van der Waals surface area contributed by atoms with Gasteiger partial charge in [0.05, 0.1) is 13.1 Å². The van der Waals surface area contributed by atoms with Crippen molar-refractivity contribution in [2.75, 3.05) is 13.1 Å². The molecule has 0 aliphatic carbocycles. The van der Waals surface area contributed by atoms with Crippen LogP contribution in [0, 0.1) is 0 Å². The molecule has 5 nitrogen and oxygen atoms in total. The maximum Gasteiger partial charge on any atom is 0.320 e. The van der Waals surface area contributed by atoms with Crippen molar-refractivity contribution in [3.8, 4) is 0 Å². The molecule has 0 saturated carbocycles. The summed E-state index contributed by atoms with van der Waals surface area (Å²) >= 11 is 0. The lowest BCUT2D eigenvalue weighted by Gasteiger charge is -2.15. The van der Waals surface area contributed by atoms with E-state index in [0.29, 0.717) is 12.3 Å². The molecule has 0 bridgehead atoms. The third-order valence-electron chi connectivity index (χ3n) is 2.45. The van der Waals surface area contributed by atoms with Crippen LogP contribution >= 0.6 is 0 Å². The number of nitrogens with one attached hydrogen (secondary N) is 2. The SMILES string of the molecule is CCCNCc1ccc(S(=O)(=O)NCC(F)(F)C(F)F)o1. The van der Waals surface area contributed by atoms with Gasteiger partial charge < -0.3 is 9.73 Å². The average molecular weight is 332 g/mol. The van der Waals surface area contributed by atoms with Crippen LogP contribution in [0.1, 0.15) is 19.1 Å². The van der Waals surface area contributed by atoms with Crippen molar-refractivity contribution in [2.24, 2.45) is 0 Å². The highest BCUT2D eigenvalue weighted by molar-refractivity contribution is 7.89. The van der Waals surface area contributed by atoms with E-state index in [9.17, 15) is 26.0 Å². The van der Waals surface area contributed by atoms with E-state index in [0.717, 1.165) is 12.5 Å². The van der Waals surface area contributed by atoms with Gasteiger partial charge in [-0.25, -0.2) is 21.9 Å². The summed E-state index contributed by atoms with van der Waals surface area (Å²) in [6.07, 6.45) is -3.08. The molecule has 122 valence electrons. The summed E-state index contributed by atoms with van der Waals surface area (Å²) in [4.78, 5) is 0. The minimum atomic E-state index is -4.44. The molecule has 2 N–H and O–H groups in total. The summed E-state index contributed by atoms with van der Waals surface area (Å²) in [5, 5.41) is 2.36. The topological polar surface area (TPSA) is 71.3 Å². The van der Waals surface area contributed by atoms with Crippen LogP contribution < -0.4 is 10.0 Å². The Morgan fingerprint density at radius 2 is 2.00 bits per heavy atom. The van der Waals surface area contributed by atoms with Gasteiger partial charge >= 0.3 is 12.3 Å². The van der Waals surface area contributed by atoms with Crippen molar-refractivity contribution in [3.63, 3.8) is 0 Å². The zero-order valence-electron chi connectivity index (χ0n) is 11.2. The smallest absolute Gasteiger partial charge is 0.320 e. The van der Waals surface area contributed by atoms with Crippen LogP contribution in [0.15, 0.2) is 21.6 Å². The summed E-state index contributed by atoms with van der Waals surface area (Å²) in [5.41, 5.74) is 0. The maximum atomic E-state index is 12.7. The molecule has 21 heavy (non-hydrogen) atoms. The molecule has 1 aromatic heterocycles. The Morgan fingerprint density at radius 3 is 2.57 bits per heavy atom. The fourth-order valence-corrected chi connectivity index (χ4v) is 2.31. The zero-order valence-corrected chi connectivity index (χ0v) is 12.0. The lowest BCUT2D eigenvalue weighted by molar-refractivity contribution is -0.122. The lowest BCUT2D eigenvalue weighted by atomic mass is 10.4. The maximum absolute atomic E-state index is 12.7. The molecule has 0 unspecified atom stereocenters. The monoisotopic (exact) mass is 332 g/mol. The van der Waals surface area contributed by atoms with Gasteiger partial charge in [-0.15, -0.1) is 0 Å². The Morgan fingerprint density at radius 1 is 1.33 bits per heavy atom. The van der Waals surface area contributed by atoms with Gasteiger partial charge in [0.1, 0.15) is 5.76 Å². The molecule has 1 aromatic rings. The fourth-order valence-electron chi connectivity index (χ4n) is 1.33. The summed E-state index contributed by atoms with van der Waals surface area (Å²) in [6, 6.07) is 2.44. The van der Waals surface area contributed by atoms with Crippen molar-refractivity contribution < 1.29 is 30.4 Å². The number of hydrogen-bond donors (Lipinski definition) is 2. The molecule has 1 heterocycles. The molecule has 0 aliphatic heterocycles. The third kappa shape index (κ3) is 5.29. The molecule has 0 saturated heterocycles. The van der Waals surface area contributed by atoms with E-state index < -0.39 is 34.0 Å². The second-order valence-electron chi connectivity index (χ2n) is 4.28. The van der Waals surface area contributed by atoms with Gasteiger partial charge in [-0.1, -0.05) is 6.92 Å². The quantitative estimate of drug-likeness (QED) is 0.536. The van der Waals surface area contributed by atoms with E-state index in [1.807, 2.05) is 6.92 Å². The first-order valence-electron chi connectivity index (χ1n) is 6.14. The Kier molecular flexibility index (Phi) is 6.17. The van der Waals surface area contributed by atoms with Gasteiger partial charge in [0.2, 0.25) is 5.09 Å². The Hall–Kier alpha value is -1.13. The summed E-state index contributed by atoms with van der Waals surface area (Å²) in [6.45, 7) is 1.22. The van der Waals surface area contributed by atoms with Crippen LogP contribution in [0.2, 0.25) is 0 Å². The Labute approximate surface area is 119 Å². The van der Waals surface area contributed by atoms with Gasteiger partial charge in [0.25, 0.3) is 10.0 Å². The number of alkyl halides is 4. The summed E-state index contributed by atoms with van der Waals surface area (Å²) in [5.74, 6) is -4.14. The van der Waals surface area contributed by atoms with Crippen LogP contribution in [0.3, 0.4) is 0 Å². The van der Waals surface area contributed by atoms with Crippen molar-refractivity contribution in [1.29, 1.82) is 0 Å². The second kappa shape index (κ2) is 7.23.